The predicted molar refractivity (Wildman–Crippen MR) is 67.0 cm³/mol. The molecule has 2 rings (SSSR count). The zero-order chi connectivity index (χ0) is 14.3. The van der Waals surface area contributed by atoms with E-state index in [2.05, 4.69) is 0 Å². The molecule has 1 aliphatic carbocycles. The molecule has 2 atom stereocenters. The third kappa shape index (κ3) is 2.78. The molecule has 0 saturated heterocycles. The summed E-state index contributed by atoms with van der Waals surface area (Å²) in [6.45, 7) is 1.99. The van der Waals surface area contributed by atoms with Crippen LogP contribution in [0.25, 0.3) is 0 Å². The fourth-order valence-electron chi connectivity index (χ4n) is 2.47. The van der Waals surface area contributed by atoms with Crippen LogP contribution in [0, 0.1) is 5.92 Å². The van der Waals surface area contributed by atoms with E-state index in [1.54, 1.807) is 0 Å². The van der Waals surface area contributed by atoms with E-state index < -0.39 is 16.6 Å². The molecule has 1 saturated carbocycles. The van der Waals surface area contributed by atoms with Gasteiger partial charge in [0.05, 0.1) is 5.56 Å². The number of ketones is 1. The predicted octanol–water partition coefficient (Wildman–Crippen LogP) is 4.53. The topological polar surface area (TPSA) is 17.1 Å². The van der Waals surface area contributed by atoms with Gasteiger partial charge in [0.2, 0.25) is 0 Å². The molecule has 1 unspecified atom stereocenters. The molecule has 1 nitrogen and oxygen atoms in total. The minimum atomic E-state index is -4.37. The number of benzene rings is 1. The molecule has 1 aromatic carbocycles. The van der Waals surface area contributed by atoms with Gasteiger partial charge < -0.3 is 0 Å². The normalized spacial score (nSPS) is 28.5. The van der Waals surface area contributed by atoms with Crippen molar-refractivity contribution in [1.29, 1.82) is 0 Å². The van der Waals surface area contributed by atoms with Crippen LogP contribution in [0.15, 0.2) is 24.3 Å². The molecule has 0 bridgehead atoms. The summed E-state index contributed by atoms with van der Waals surface area (Å²) in [5.41, 5.74) is -0.272. The SMILES string of the molecule is C[C@H]1CCC(=O)C(Cl)(c2ccc(C(F)(F)F)cc2)C1. The van der Waals surface area contributed by atoms with Gasteiger partial charge in [-0.25, -0.2) is 0 Å². The molecule has 104 valence electrons. The van der Waals surface area contributed by atoms with Gasteiger partial charge in [0.15, 0.2) is 5.78 Å². The molecule has 0 aliphatic heterocycles. The molecule has 1 aromatic rings. The van der Waals surface area contributed by atoms with E-state index in [0.717, 1.165) is 18.6 Å². The summed E-state index contributed by atoms with van der Waals surface area (Å²) in [5.74, 6) is 0.185. The molecule has 5 heteroatoms. The van der Waals surface area contributed by atoms with Crippen LogP contribution in [0.2, 0.25) is 0 Å². The van der Waals surface area contributed by atoms with Crippen LogP contribution in [0.3, 0.4) is 0 Å². The largest absolute Gasteiger partial charge is 0.416 e. The first-order chi connectivity index (χ1) is 8.73. The average Bonchev–Trinajstić information content (AvgIpc) is 2.33. The molecule has 19 heavy (non-hydrogen) atoms. The number of hydrogen-bond acceptors (Lipinski definition) is 1. The monoisotopic (exact) mass is 290 g/mol. The standard InChI is InChI=1S/C14H14ClF3O/c1-9-2-7-12(19)13(15,8-9)10-3-5-11(6-4-10)14(16,17)18/h3-6,9H,2,7-8H2,1H3/t9-,13?/m0/s1. The van der Waals surface area contributed by atoms with Gasteiger partial charge in [-0.15, -0.1) is 11.6 Å². The Morgan fingerprint density at radius 1 is 1.26 bits per heavy atom. The van der Waals surface area contributed by atoms with Crippen molar-refractivity contribution in [2.45, 2.75) is 37.2 Å². The van der Waals surface area contributed by atoms with Gasteiger partial charge in [-0.05, 0) is 36.5 Å². The summed E-state index contributed by atoms with van der Waals surface area (Å²) in [6.07, 6.45) is -2.74. The van der Waals surface area contributed by atoms with Gasteiger partial charge >= 0.3 is 6.18 Å². The molecule has 0 amide bonds. The molecule has 1 aliphatic rings. The second-order valence-corrected chi connectivity index (χ2v) is 5.79. The van der Waals surface area contributed by atoms with Crippen molar-refractivity contribution in [3.63, 3.8) is 0 Å². The lowest BCUT2D eigenvalue weighted by Gasteiger charge is -2.33. The molecule has 0 spiro atoms. The van der Waals surface area contributed by atoms with Crippen LogP contribution in [-0.2, 0) is 15.8 Å². The highest BCUT2D eigenvalue weighted by Crippen LogP contribution is 2.43. The van der Waals surface area contributed by atoms with E-state index in [1.807, 2.05) is 6.92 Å². The van der Waals surface area contributed by atoms with Crippen molar-refractivity contribution in [3.05, 3.63) is 35.4 Å². The van der Waals surface area contributed by atoms with Crippen LogP contribution >= 0.6 is 11.6 Å². The van der Waals surface area contributed by atoms with Crippen molar-refractivity contribution < 1.29 is 18.0 Å². The van der Waals surface area contributed by atoms with Gasteiger partial charge in [0.1, 0.15) is 4.87 Å². The van der Waals surface area contributed by atoms with E-state index in [0.29, 0.717) is 18.4 Å². The van der Waals surface area contributed by atoms with Crippen LogP contribution in [0.5, 0.6) is 0 Å². The van der Waals surface area contributed by atoms with Crippen LogP contribution < -0.4 is 0 Å². The molecule has 0 heterocycles. The van der Waals surface area contributed by atoms with Gasteiger partial charge in [-0.3, -0.25) is 4.79 Å². The molecule has 0 N–H and O–H groups in total. The van der Waals surface area contributed by atoms with Crippen molar-refractivity contribution in [3.8, 4) is 0 Å². The van der Waals surface area contributed by atoms with Crippen molar-refractivity contribution in [1.82, 2.24) is 0 Å². The molecule has 0 aromatic heterocycles. The third-order valence-electron chi connectivity index (χ3n) is 3.61. The minimum Gasteiger partial charge on any atom is -0.297 e. The highest BCUT2D eigenvalue weighted by Gasteiger charge is 2.42. The number of carbonyl (C=O) groups is 1. The Kier molecular flexibility index (Phi) is 3.65. The van der Waals surface area contributed by atoms with Gasteiger partial charge in [-0.2, -0.15) is 13.2 Å². The lowest BCUT2D eigenvalue weighted by molar-refractivity contribution is -0.137. The first-order valence-electron chi connectivity index (χ1n) is 6.13. The molecule has 0 radical (unpaired) electrons. The highest BCUT2D eigenvalue weighted by atomic mass is 35.5. The van der Waals surface area contributed by atoms with E-state index in [-0.39, 0.29) is 11.7 Å². The molecule has 1 fully saturated rings. The summed E-state index contributed by atoms with van der Waals surface area (Å²) in [7, 11) is 0. The maximum absolute atomic E-state index is 12.5. The second kappa shape index (κ2) is 4.82. The first kappa shape index (κ1) is 14.4. The Labute approximate surface area is 114 Å². The number of hydrogen-bond donors (Lipinski definition) is 0. The summed E-state index contributed by atoms with van der Waals surface area (Å²) in [4.78, 5) is 10.8. The van der Waals surface area contributed by atoms with E-state index in [9.17, 15) is 18.0 Å². The lowest BCUT2D eigenvalue weighted by Crippen LogP contribution is -2.36. The Balaban J connectivity index is 2.33. The van der Waals surface area contributed by atoms with Crippen molar-refractivity contribution in [2.24, 2.45) is 5.92 Å². The number of rotatable bonds is 1. The zero-order valence-corrected chi connectivity index (χ0v) is 11.2. The maximum Gasteiger partial charge on any atom is 0.416 e. The summed E-state index contributed by atoms with van der Waals surface area (Å²) in [5, 5.41) is 0. The van der Waals surface area contributed by atoms with Crippen molar-refractivity contribution >= 4 is 17.4 Å². The van der Waals surface area contributed by atoms with Crippen LogP contribution in [0.4, 0.5) is 13.2 Å². The molecular formula is C14H14ClF3O. The smallest absolute Gasteiger partial charge is 0.297 e. The number of Topliss-reactive ketones (excluding diaryl/α,β-unsaturated/α-hetero) is 1. The Bertz CT molecular complexity index is 480. The average molecular weight is 291 g/mol. The number of halogens is 4. The Hall–Kier alpha value is -1.03. The van der Waals surface area contributed by atoms with Gasteiger partial charge in [0, 0.05) is 6.42 Å². The second-order valence-electron chi connectivity index (χ2n) is 5.15. The fraction of sp³-hybridized carbons (Fsp3) is 0.500. The van der Waals surface area contributed by atoms with E-state index >= 15 is 0 Å². The molecular weight excluding hydrogens is 277 g/mol. The summed E-state index contributed by atoms with van der Waals surface area (Å²) >= 11 is 6.38. The van der Waals surface area contributed by atoms with Crippen LogP contribution in [-0.4, -0.2) is 5.78 Å². The summed E-state index contributed by atoms with van der Waals surface area (Å²) < 4.78 is 37.5. The van der Waals surface area contributed by atoms with E-state index in [1.165, 1.54) is 12.1 Å². The zero-order valence-electron chi connectivity index (χ0n) is 10.4. The first-order valence-corrected chi connectivity index (χ1v) is 6.51. The Morgan fingerprint density at radius 3 is 2.37 bits per heavy atom. The van der Waals surface area contributed by atoms with Crippen LogP contribution in [0.1, 0.15) is 37.3 Å². The third-order valence-corrected chi connectivity index (χ3v) is 4.19. The lowest BCUT2D eigenvalue weighted by atomic mass is 9.77. The maximum atomic E-state index is 12.5. The summed E-state index contributed by atoms with van der Waals surface area (Å²) in [6, 6.07) is 4.58. The quantitative estimate of drug-likeness (QED) is 0.695. The number of carbonyl (C=O) groups excluding carboxylic acids is 1. The fourth-order valence-corrected chi connectivity index (χ4v) is 2.96. The van der Waals surface area contributed by atoms with Gasteiger partial charge in [0.25, 0.3) is 0 Å². The van der Waals surface area contributed by atoms with E-state index in [4.69, 9.17) is 11.6 Å². The highest BCUT2D eigenvalue weighted by molar-refractivity contribution is 6.35. The number of alkyl halides is 4. The Morgan fingerprint density at radius 2 is 1.84 bits per heavy atom. The minimum absolute atomic E-state index is 0.105. The van der Waals surface area contributed by atoms with Crippen molar-refractivity contribution in [2.75, 3.05) is 0 Å². The van der Waals surface area contributed by atoms with Gasteiger partial charge in [-0.1, -0.05) is 19.1 Å².